The molecule has 0 unspecified atom stereocenters. The highest BCUT2D eigenvalue weighted by Gasteiger charge is 2.32. The molecule has 27 heavy (non-hydrogen) atoms. The molecule has 1 aromatic rings. The van der Waals surface area contributed by atoms with Gasteiger partial charge in [0, 0.05) is 39.3 Å². The van der Waals surface area contributed by atoms with E-state index in [1.165, 1.54) is 23.5 Å². The minimum absolute atomic E-state index is 0.148. The van der Waals surface area contributed by atoms with Crippen LogP contribution in [0.15, 0.2) is 29.2 Å². The molecule has 1 amide bonds. The van der Waals surface area contributed by atoms with Gasteiger partial charge in [-0.2, -0.15) is 4.31 Å². The zero-order valence-corrected chi connectivity index (χ0v) is 16.4. The monoisotopic (exact) mass is 397 g/mol. The Balaban J connectivity index is 1.79. The number of carbonyl (C=O) groups is 1. The molecule has 1 aromatic carbocycles. The van der Waals surface area contributed by atoms with Crippen LogP contribution in [-0.2, 0) is 19.6 Å². The highest BCUT2D eigenvalue weighted by molar-refractivity contribution is 7.89. The predicted molar refractivity (Wildman–Crippen MR) is 100 cm³/mol. The standard InChI is InChI=1S/C18H27N3O5S/c1-25-15-4-6-17(7-5-15)27(23,24)21(13-16-3-2-12-26-16)14-18(22)20-10-8-19-9-11-20/h4-7,16,19H,2-3,8-14H2,1H3/t16-/m1/s1. The molecule has 0 aliphatic carbocycles. The van der Waals surface area contributed by atoms with Gasteiger partial charge in [0.15, 0.2) is 0 Å². The maximum absolute atomic E-state index is 13.2. The van der Waals surface area contributed by atoms with Gasteiger partial charge in [-0.1, -0.05) is 0 Å². The van der Waals surface area contributed by atoms with Gasteiger partial charge in [-0.05, 0) is 37.1 Å². The van der Waals surface area contributed by atoms with Crippen LogP contribution in [0.3, 0.4) is 0 Å². The average molecular weight is 397 g/mol. The fraction of sp³-hybridized carbons (Fsp3) is 0.611. The summed E-state index contributed by atoms with van der Waals surface area (Å²) < 4.78 is 38.3. The Morgan fingerprint density at radius 3 is 2.59 bits per heavy atom. The van der Waals surface area contributed by atoms with Gasteiger partial charge in [-0.25, -0.2) is 8.42 Å². The van der Waals surface area contributed by atoms with Crippen LogP contribution in [0.2, 0.25) is 0 Å². The molecule has 1 atom stereocenters. The quantitative estimate of drug-likeness (QED) is 0.712. The molecule has 2 aliphatic heterocycles. The number of piperazine rings is 1. The van der Waals surface area contributed by atoms with Crippen LogP contribution in [-0.4, -0.2) is 82.6 Å². The van der Waals surface area contributed by atoms with E-state index in [1.807, 2.05) is 0 Å². The first-order valence-corrected chi connectivity index (χ1v) is 10.7. The summed E-state index contributed by atoms with van der Waals surface area (Å²) >= 11 is 0. The van der Waals surface area contributed by atoms with E-state index in [-0.39, 0.29) is 30.0 Å². The molecular weight excluding hydrogens is 370 g/mol. The number of amides is 1. The van der Waals surface area contributed by atoms with Crippen molar-refractivity contribution in [3.63, 3.8) is 0 Å². The van der Waals surface area contributed by atoms with Gasteiger partial charge in [-0.3, -0.25) is 4.79 Å². The first-order valence-electron chi connectivity index (χ1n) is 9.25. The van der Waals surface area contributed by atoms with Crippen molar-refractivity contribution in [2.75, 3.05) is 53.0 Å². The van der Waals surface area contributed by atoms with E-state index in [2.05, 4.69) is 5.32 Å². The molecule has 0 bridgehead atoms. The van der Waals surface area contributed by atoms with Gasteiger partial charge in [0.2, 0.25) is 15.9 Å². The van der Waals surface area contributed by atoms with Crippen molar-refractivity contribution in [2.24, 2.45) is 0 Å². The van der Waals surface area contributed by atoms with Gasteiger partial charge in [0.05, 0.1) is 24.7 Å². The molecule has 9 heteroatoms. The summed E-state index contributed by atoms with van der Waals surface area (Å²) in [5, 5.41) is 3.19. The fourth-order valence-corrected chi connectivity index (χ4v) is 4.75. The third-order valence-electron chi connectivity index (χ3n) is 4.91. The lowest BCUT2D eigenvalue weighted by Crippen LogP contribution is -2.51. The molecular formula is C18H27N3O5S. The lowest BCUT2D eigenvalue weighted by molar-refractivity contribution is -0.132. The summed E-state index contributed by atoms with van der Waals surface area (Å²) in [6, 6.07) is 6.22. The normalized spacial score (nSPS) is 20.8. The van der Waals surface area contributed by atoms with Crippen LogP contribution in [0, 0.1) is 0 Å². The van der Waals surface area contributed by atoms with Crippen LogP contribution >= 0.6 is 0 Å². The van der Waals surface area contributed by atoms with E-state index >= 15 is 0 Å². The molecule has 3 rings (SSSR count). The number of nitrogens with one attached hydrogen (secondary N) is 1. The molecule has 8 nitrogen and oxygen atoms in total. The minimum Gasteiger partial charge on any atom is -0.497 e. The molecule has 0 aromatic heterocycles. The lowest BCUT2D eigenvalue weighted by Gasteiger charge is -2.31. The molecule has 150 valence electrons. The molecule has 1 N–H and O–H groups in total. The summed E-state index contributed by atoms with van der Waals surface area (Å²) in [4.78, 5) is 14.6. The van der Waals surface area contributed by atoms with Crippen molar-refractivity contribution in [2.45, 2.75) is 23.8 Å². The van der Waals surface area contributed by atoms with Crippen molar-refractivity contribution < 1.29 is 22.7 Å². The topological polar surface area (TPSA) is 88.2 Å². The summed E-state index contributed by atoms with van der Waals surface area (Å²) in [6.45, 7) is 3.28. The Morgan fingerprint density at radius 2 is 2.00 bits per heavy atom. The Labute approximate surface area is 160 Å². The number of hydrogen-bond acceptors (Lipinski definition) is 6. The maximum Gasteiger partial charge on any atom is 0.243 e. The number of carbonyl (C=O) groups excluding carboxylic acids is 1. The second-order valence-corrected chi connectivity index (χ2v) is 8.68. The number of benzene rings is 1. The molecule has 2 fully saturated rings. The third-order valence-corrected chi connectivity index (χ3v) is 6.74. The van der Waals surface area contributed by atoms with E-state index in [4.69, 9.17) is 9.47 Å². The molecule has 0 saturated carbocycles. The van der Waals surface area contributed by atoms with E-state index < -0.39 is 10.0 Å². The van der Waals surface area contributed by atoms with E-state index in [0.717, 1.165) is 25.9 Å². The van der Waals surface area contributed by atoms with Gasteiger partial charge in [-0.15, -0.1) is 0 Å². The van der Waals surface area contributed by atoms with Crippen LogP contribution in [0.25, 0.3) is 0 Å². The Hall–Kier alpha value is -1.68. The summed E-state index contributed by atoms with van der Waals surface area (Å²) in [5.74, 6) is 0.406. The van der Waals surface area contributed by atoms with Crippen molar-refractivity contribution in [3.05, 3.63) is 24.3 Å². The minimum atomic E-state index is -3.81. The lowest BCUT2D eigenvalue weighted by atomic mass is 10.2. The van der Waals surface area contributed by atoms with Gasteiger partial charge in [0.25, 0.3) is 0 Å². The second kappa shape index (κ2) is 9.01. The molecule has 0 radical (unpaired) electrons. The zero-order valence-electron chi connectivity index (χ0n) is 15.6. The SMILES string of the molecule is COc1ccc(S(=O)(=O)N(CC(=O)N2CCNCC2)C[C@H]2CCCO2)cc1. The molecule has 2 aliphatic rings. The number of nitrogens with zero attached hydrogens (tertiary/aromatic N) is 2. The van der Waals surface area contributed by atoms with Crippen molar-refractivity contribution in [1.29, 1.82) is 0 Å². The smallest absolute Gasteiger partial charge is 0.243 e. The van der Waals surface area contributed by atoms with E-state index in [1.54, 1.807) is 17.0 Å². The largest absolute Gasteiger partial charge is 0.497 e. The van der Waals surface area contributed by atoms with Crippen molar-refractivity contribution >= 4 is 15.9 Å². The van der Waals surface area contributed by atoms with Crippen LogP contribution in [0.1, 0.15) is 12.8 Å². The third kappa shape index (κ3) is 4.98. The Morgan fingerprint density at radius 1 is 1.30 bits per heavy atom. The average Bonchev–Trinajstić information content (AvgIpc) is 3.21. The number of ether oxygens (including phenoxy) is 2. The number of rotatable bonds is 7. The first-order chi connectivity index (χ1) is 13.0. The summed E-state index contributed by atoms with van der Waals surface area (Å²) in [7, 11) is -2.29. The fourth-order valence-electron chi connectivity index (χ4n) is 3.32. The van der Waals surface area contributed by atoms with Crippen LogP contribution < -0.4 is 10.1 Å². The van der Waals surface area contributed by atoms with E-state index in [9.17, 15) is 13.2 Å². The second-order valence-electron chi connectivity index (χ2n) is 6.74. The summed E-state index contributed by atoms with van der Waals surface area (Å²) in [5.41, 5.74) is 0. The predicted octanol–water partition coefficient (Wildman–Crippen LogP) is 0.297. The van der Waals surface area contributed by atoms with Gasteiger partial charge >= 0.3 is 0 Å². The van der Waals surface area contributed by atoms with Crippen molar-refractivity contribution in [3.8, 4) is 5.75 Å². The van der Waals surface area contributed by atoms with Crippen LogP contribution in [0.5, 0.6) is 5.75 Å². The molecule has 2 saturated heterocycles. The maximum atomic E-state index is 13.2. The van der Waals surface area contributed by atoms with Crippen molar-refractivity contribution in [1.82, 2.24) is 14.5 Å². The summed E-state index contributed by atoms with van der Waals surface area (Å²) in [6.07, 6.45) is 1.54. The highest BCUT2D eigenvalue weighted by Crippen LogP contribution is 2.22. The van der Waals surface area contributed by atoms with Crippen LogP contribution in [0.4, 0.5) is 0 Å². The Bertz CT molecular complexity index is 726. The number of methoxy groups -OCH3 is 1. The van der Waals surface area contributed by atoms with E-state index in [0.29, 0.717) is 25.4 Å². The number of sulfonamides is 1. The van der Waals surface area contributed by atoms with Gasteiger partial charge in [0.1, 0.15) is 5.75 Å². The number of hydrogen-bond donors (Lipinski definition) is 1. The highest BCUT2D eigenvalue weighted by atomic mass is 32.2. The Kier molecular flexibility index (Phi) is 6.69. The molecule has 0 spiro atoms. The molecule has 2 heterocycles. The van der Waals surface area contributed by atoms with Gasteiger partial charge < -0.3 is 19.7 Å². The zero-order chi connectivity index (χ0) is 19.3. The first kappa shape index (κ1) is 20.1.